The van der Waals surface area contributed by atoms with Crippen LogP contribution in [0.3, 0.4) is 0 Å². The molecule has 2 aromatic rings. The van der Waals surface area contributed by atoms with Crippen molar-refractivity contribution in [3.8, 4) is 5.69 Å². The Bertz CT molecular complexity index is 734. The van der Waals surface area contributed by atoms with Gasteiger partial charge in [-0.1, -0.05) is 5.21 Å². The van der Waals surface area contributed by atoms with E-state index in [0.29, 0.717) is 5.69 Å². The Morgan fingerprint density at radius 3 is 3.00 bits per heavy atom. The maximum absolute atomic E-state index is 14.2. The third-order valence-corrected chi connectivity index (χ3v) is 3.37. The van der Waals surface area contributed by atoms with E-state index in [0.717, 1.165) is 0 Å². The minimum Gasteiger partial charge on any atom is -0.442 e. The van der Waals surface area contributed by atoms with Crippen molar-refractivity contribution in [1.82, 2.24) is 20.3 Å². The number of halogens is 1. The summed E-state index contributed by atoms with van der Waals surface area (Å²) in [6, 6.07) is 4.34. The highest BCUT2D eigenvalue weighted by Gasteiger charge is 2.32. The molecule has 120 valence electrons. The number of carbonyl (C=O) groups is 2. The molecule has 1 atom stereocenters. The van der Waals surface area contributed by atoms with Gasteiger partial charge >= 0.3 is 6.09 Å². The molecule has 23 heavy (non-hydrogen) atoms. The summed E-state index contributed by atoms with van der Waals surface area (Å²) in [7, 11) is 0. The molecular weight excluding hydrogens is 305 g/mol. The van der Waals surface area contributed by atoms with E-state index in [-0.39, 0.29) is 24.7 Å². The van der Waals surface area contributed by atoms with Crippen molar-refractivity contribution >= 4 is 17.7 Å². The number of anilines is 1. The van der Waals surface area contributed by atoms with E-state index in [1.54, 1.807) is 6.07 Å². The van der Waals surface area contributed by atoms with Crippen LogP contribution in [-0.2, 0) is 9.53 Å². The predicted molar refractivity (Wildman–Crippen MR) is 77.6 cm³/mol. The topological polar surface area (TPSA) is 89.4 Å². The van der Waals surface area contributed by atoms with Gasteiger partial charge in [0.2, 0.25) is 5.91 Å². The predicted octanol–water partition coefficient (Wildman–Crippen LogP) is 0.868. The second-order valence-corrected chi connectivity index (χ2v) is 5.04. The number of ether oxygens (including phenoxy) is 1. The molecule has 8 nitrogen and oxygen atoms in total. The monoisotopic (exact) mass is 319 g/mol. The summed E-state index contributed by atoms with van der Waals surface area (Å²) in [6.45, 7) is 1.84. The molecule has 2 amide bonds. The van der Waals surface area contributed by atoms with Crippen LogP contribution in [-0.4, -0.2) is 46.2 Å². The Balaban J connectivity index is 1.76. The minimum atomic E-state index is -0.576. The minimum absolute atomic E-state index is 0.206. The SMILES string of the molecule is CC(=O)NCC1CN(c2ccc(-n3ccnn3)c(F)c2)C(=O)O1. The zero-order chi connectivity index (χ0) is 16.4. The summed E-state index contributed by atoms with van der Waals surface area (Å²) in [5.41, 5.74) is 0.607. The summed E-state index contributed by atoms with van der Waals surface area (Å²) >= 11 is 0. The third-order valence-electron chi connectivity index (χ3n) is 3.37. The van der Waals surface area contributed by atoms with Crippen LogP contribution < -0.4 is 10.2 Å². The molecule has 0 saturated carbocycles. The van der Waals surface area contributed by atoms with Gasteiger partial charge in [-0.2, -0.15) is 0 Å². The Morgan fingerprint density at radius 2 is 2.35 bits per heavy atom. The maximum Gasteiger partial charge on any atom is 0.414 e. The average Bonchev–Trinajstić information content (AvgIpc) is 3.14. The average molecular weight is 319 g/mol. The van der Waals surface area contributed by atoms with Gasteiger partial charge in [0.05, 0.1) is 31.2 Å². The Hall–Kier alpha value is -2.97. The number of hydrogen-bond acceptors (Lipinski definition) is 5. The van der Waals surface area contributed by atoms with Crippen molar-refractivity contribution < 1.29 is 18.7 Å². The number of cyclic esters (lactones) is 1. The van der Waals surface area contributed by atoms with Crippen LogP contribution in [0, 0.1) is 5.82 Å². The van der Waals surface area contributed by atoms with Crippen molar-refractivity contribution in [2.24, 2.45) is 0 Å². The zero-order valence-corrected chi connectivity index (χ0v) is 12.3. The van der Waals surface area contributed by atoms with Gasteiger partial charge in [-0.05, 0) is 18.2 Å². The summed E-state index contributed by atoms with van der Waals surface area (Å²) in [5, 5.41) is 9.93. The highest BCUT2D eigenvalue weighted by Crippen LogP contribution is 2.25. The lowest BCUT2D eigenvalue weighted by atomic mass is 10.2. The van der Waals surface area contributed by atoms with Crippen molar-refractivity contribution in [2.75, 3.05) is 18.0 Å². The Kier molecular flexibility index (Phi) is 3.92. The quantitative estimate of drug-likeness (QED) is 0.903. The molecule has 1 unspecified atom stereocenters. The molecule has 0 spiro atoms. The molecular formula is C14H14FN5O3. The molecule has 1 aliphatic rings. The molecule has 1 N–H and O–H groups in total. The van der Waals surface area contributed by atoms with Crippen molar-refractivity contribution in [3.05, 3.63) is 36.4 Å². The van der Waals surface area contributed by atoms with E-state index in [4.69, 9.17) is 4.74 Å². The van der Waals surface area contributed by atoms with Crippen LogP contribution in [0.15, 0.2) is 30.6 Å². The number of rotatable bonds is 4. The standard InChI is InChI=1S/C14H14FN5O3/c1-9(21)16-7-11-8-19(14(22)23-11)10-2-3-13(12(15)6-10)20-5-4-17-18-20/h2-6,11H,7-8H2,1H3,(H,16,21). The van der Waals surface area contributed by atoms with Gasteiger partial charge in [-0.15, -0.1) is 5.10 Å². The number of amides is 2. The fourth-order valence-corrected chi connectivity index (χ4v) is 2.28. The molecule has 1 aliphatic heterocycles. The number of aromatic nitrogens is 3. The highest BCUT2D eigenvalue weighted by molar-refractivity contribution is 5.90. The second-order valence-electron chi connectivity index (χ2n) is 5.04. The molecule has 1 fully saturated rings. The molecule has 1 aromatic heterocycles. The number of nitrogens with one attached hydrogen (secondary N) is 1. The largest absolute Gasteiger partial charge is 0.442 e. The summed E-state index contributed by atoms with van der Waals surface area (Å²) in [4.78, 5) is 24.1. The Labute approximate surface area is 130 Å². The van der Waals surface area contributed by atoms with Crippen molar-refractivity contribution in [2.45, 2.75) is 13.0 Å². The van der Waals surface area contributed by atoms with Gasteiger partial charge in [0, 0.05) is 6.92 Å². The fourth-order valence-electron chi connectivity index (χ4n) is 2.28. The van der Waals surface area contributed by atoms with Crippen LogP contribution in [0.25, 0.3) is 5.69 Å². The van der Waals surface area contributed by atoms with Gasteiger partial charge in [-0.3, -0.25) is 9.69 Å². The van der Waals surface area contributed by atoms with Gasteiger partial charge < -0.3 is 10.1 Å². The maximum atomic E-state index is 14.2. The molecule has 1 aromatic carbocycles. The van der Waals surface area contributed by atoms with E-state index < -0.39 is 18.0 Å². The van der Waals surface area contributed by atoms with Gasteiger partial charge in [0.15, 0.2) is 5.82 Å². The molecule has 1 saturated heterocycles. The fraction of sp³-hybridized carbons (Fsp3) is 0.286. The number of carbonyl (C=O) groups excluding carboxylic acids is 2. The molecule has 0 bridgehead atoms. The van der Waals surface area contributed by atoms with Gasteiger partial charge in [0.25, 0.3) is 0 Å². The lowest BCUT2D eigenvalue weighted by molar-refractivity contribution is -0.119. The van der Waals surface area contributed by atoms with Gasteiger partial charge in [-0.25, -0.2) is 13.9 Å². The molecule has 0 aliphatic carbocycles. The Morgan fingerprint density at radius 1 is 1.52 bits per heavy atom. The summed E-state index contributed by atoms with van der Waals surface area (Å²) < 4.78 is 20.7. The number of hydrogen-bond donors (Lipinski definition) is 1. The van der Waals surface area contributed by atoms with Crippen LogP contribution in [0.4, 0.5) is 14.9 Å². The lowest BCUT2D eigenvalue weighted by Crippen LogP contribution is -2.33. The third kappa shape index (κ3) is 3.12. The molecule has 2 heterocycles. The smallest absolute Gasteiger partial charge is 0.414 e. The van der Waals surface area contributed by atoms with Crippen LogP contribution in [0.5, 0.6) is 0 Å². The lowest BCUT2D eigenvalue weighted by Gasteiger charge is -2.14. The highest BCUT2D eigenvalue weighted by atomic mass is 19.1. The summed E-state index contributed by atoms with van der Waals surface area (Å²) in [5.74, 6) is -0.742. The second kappa shape index (κ2) is 6.03. The van der Waals surface area contributed by atoms with E-state index in [2.05, 4.69) is 15.6 Å². The van der Waals surface area contributed by atoms with Crippen molar-refractivity contribution in [1.29, 1.82) is 0 Å². The first-order valence-corrected chi connectivity index (χ1v) is 6.93. The number of benzene rings is 1. The number of nitrogens with zero attached hydrogens (tertiary/aromatic N) is 4. The normalized spacial score (nSPS) is 17.2. The van der Waals surface area contributed by atoms with Gasteiger partial charge in [0.1, 0.15) is 11.8 Å². The molecule has 0 radical (unpaired) electrons. The molecule has 3 rings (SSSR count). The summed E-state index contributed by atoms with van der Waals surface area (Å²) in [6.07, 6.45) is 1.92. The van der Waals surface area contributed by atoms with E-state index in [1.165, 1.54) is 41.0 Å². The first kappa shape index (κ1) is 14.9. The van der Waals surface area contributed by atoms with Crippen LogP contribution >= 0.6 is 0 Å². The first-order chi connectivity index (χ1) is 11.0. The van der Waals surface area contributed by atoms with Crippen molar-refractivity contribution in [3.63, 3.8) is 0 Å². The van der Waals surface area contributed by atoms with Crippen LogP contribution in [0.1, 0.15) is 6.92 Å². The van der Waals surface area contributed by atoms with E-state index in [1.807, 2.05) is 0 Å². The first-order valence-electron chi connectivity index (χ1n) is 6.93. The van der Waals surface area contributed by atoms with E-state index in [9.17, 15) is 14.0 Å². The van der Waals surface area contributed by atoms with Crippen LogP contribution in [0.2, 0.25) is 0 Å². The molecule has 9 heteroatoms. The zero-order valence-electron chi connectivity index (χ0n) is 12.3. The van der Waals surface area contributed by atoms with E-state index >= 15 is 0 Å².